The first kappa shape index (κ1) is 13.8. The molecule has 0 aromatic carbocycles. The molecule has 21 heavy (non-hydrogen) atoms. The van der Waals surface area contributed by atoms with Crippen molar-refractivity contribution in [2.24, 2.45) is 0 Å². The van der Waals surface area contributed by atoms with E-state index in [-0.39, 0.29) is 5.56 Å². The van der Waals surface area contributed by atoms with Crippen molar-refractivity contribution in [1.29, 1.82) is 0 Å². The summed E-state index contributed by atoms with van der Waals surface area (Å²) in [5.41, 5.74) is 3.47. The van der Waals surface area contributed by atoms with E-state index in [1.807, 2.05) is 25.3 Å². The van der Waals surface area contributed by atoms with Crippen molar-refractivity contribution in [1.82, 2.24) is 14.5 Å². The number of aromatic nitrogens is 3. The van der Waals surface area contributed by atoms with Gasteiger partial charge in [-0.25, -0.2) is 4.98 Å². The Kier molecular flexibility index (Phi) is 3.47. The molecule has 0 aliphatic rings. The molecule has 0 bridgehead atoms. The Morgan fingerprint density at radius 1 is 1.33 bits per heavy atom. The Morgan fingerprint density at radius 3 is 2.90 bits per heavy atom. The zero-order chi connectivity index (χ0) is 15.0. The minimum Gasteiger partial charge on any atom is -0.496 e. The van der Waals surface area contributed by atoms with E-state index >= 15 is 0 Å². The standard InChI is InChI=1S/C15H15N3O2S/c1-9-6-16-12(10(2)13(9)20-3)7-18-8-17-11-4-5-21-14(11)15(18)19/h4-6,8H,7H2,1-3H3. The van der Waals surface area contributed by atoms with Crippen LogP contribution in [0.25, 0.3) is 10.2 Å². The summed E-state index contributed by atoms with van der Waals surface area (Å²) in [6.07, 6.45) is 3.34. The number of thiophene rings is 1. The summed E-state index contributed by atoms with van der Waals surface area (Å²) < 4.78 is 7.66. The Hall–Kier alpha value is -2.21. The highest BCUT2D eigenvalue weighted by Crippen LogP contribution is 2.24. The first-order chi connectivity index (χ1) is 10.1. The van der Waals surface area contributed by atoms with Gasteiger partial charge in [0.15, 0.2) is 0 Å². The molecule has 0 aliphatic carbocycles. The van der Waals surface area contributed by atoms with Gasteiger partial charge >= 0.3 is 0 Å². The molecule has 3 aromatic heterocycles. The lowest BCUT2D eigenvalue weighted by molar-refractivity contribution is 0.406. The van der Waals surface area contributed by atoms with Gasteiger partial charge in [-0.15, -0.1) is 11.3 Å². The third-order valence-electron chi connectivity index (χ3n) is 3.51. The van der Waals surface area contributed by atoms with E-state index in [1.165, 1.54) is 11.3 Å². The molecule has 6 heteroatoms. The van der Waals surface area contributed by atoms with Crippen LogP contribution in [0.3, 0.4) is 0 Å². The van der Waals surface area contributed by atoms with Crippen molar-refractivity contribution in [3.05, 3.63) is 51.1 Å². The molecule has 108 valence electrons. The minimum absolute atomic E-state index is 0.0317. The molecular weight excluding hydrogens is 286 g/mol. The highest BCUT2D eigenvalue weighted by atomic mass is 32.1. The molecule has 0 atom stereocenters. The molecule has 0 N–H and O–H groups in total. The second kappa shape index (κ2) is 5.29. The zero-order valence-electron chi connectivity index (χ0n) is 12.1. The van der Waals surface area contributed by atoms with Crippen molar-refractivity contribution in [2.45, 2.75) is 20.4 Å². The zero-order valence-corrected chi connectivity index (χ0v) is 12.9. The molecule has 0 saturated heterocycles. The number of hydrogen-bond acceptors (Lipinski definition) is 5. The van der Waals surface area contributed by atoms with Gasteiger partial charge in [-0.1, -0.05) is 0 Å². The fraction of sp³-hybridized carbons (Fsp3) is 0.267. The smallest absolute Gasteiger partial charge is 0.271 e. The van der Waals surface area contributed by atoms with Crippen LogP contribution in [0.4, 0.5) is 0 Å². The molecular formula is C15H15N3O2S. The van der Waals surface area contributed by atoms with Crippen LogP contribution in [-0.4, -0.2) is 21.6 Å². The van der Waals surface area contributed by atoms with Crippen LogP contribution in [0.2, 0.25) is 0 Å². The fourth-order valence-electron chi connectivity index (χ4n) is 2.38. The highest BCUT2D eigenvalue weighted by Gasteiger charge is 2.12. The van der Waals surface area contributed by atoms with Crippen LogP contribution in [-0.2, 0) is 6.54 Å². The summed E-state index contributed by atoms with van der Waals surface area (Å²) in [6, 6.07) is 1.85. The van der Waals surface area contributed by atoms with Gasteiger partial charge < -0.3 is 4.74 Å². The van der Waals surface area contributed by atoms with Crippen molar-refractivity contribution in [3.8, 4) is 5.75 Å². The van der Waals surface area contributed by atoms with Crippen LogP contribution >= 0.6 is 11.3 Å². The Morgan fingerprint density at radius 2 is 2.14 bits per heavy atom. The molecule has 0 aliphatic heterocycles. The van der Waals surface area contributed by atoms with Gasteiger partial charge in [0.1, 0.15) is 10.4 Å². The second-order valence-electron chi connectivity index (χ2n) is 4.86. The van der Waals surface area contributed by atoms with Gasteiger partial charge in [-0.3, -0.25) is 14.3 Å². The lowest BCUT2D eigenvalue weighted by atomic mass is 10.1. The quantitative estimate of drug-likeness (QED) is 0.746. The molecule has 0 saturated carbocycles. The van der Waals surface area contributed by atoms with Crippen LogP contribution < -0.4 is 10.3 Å². The van der Waals surface area contributed by atoms with E-state index in [1.54, 1.807) is 24.2 Å². The maximum absolute atomic E-state index is 12.4. The number of hydrogen-bond donors (Lipinski definition) is 0. The van der Waals surface area contributed by atoms with Crippen molar-refractivity contribution < 1.29 is 4.74 Å². The highest BCUT2D eigenvalue weighted by molar-refractivity contribution is 7.17. The normalized spacial score (nSPS) is 11.0. The van der Waals surface area contributed by atoms with Gasteiger partial charge in [-0.05, 0) is 25.3 Å². The molecule has 0 amide bonds. The third kappa shape index (κ3) is 2.31. The number of methoxy groups -OCH3 is 1. The largest absolute Gasteiger partial charge is 0.496 e. The van der Waals surface area contributed by atoms with Gasteiger partial charge in [0.25, 0.3) is 5.56 Å². The summed E-state index contributed by atoms with van der Waals surface area (Å²) in [6.45, 7) is 4.30. The summed E-state index contributed by atoms with van der Waals surface area (Å²) in [7, 11) is 1.64. The predicted molar refractivity (Wildman–Crippen MR) is 83.2 cm³/mol. The van der Waals surface area contributed by atoms with E-state index < -0.39 is 0 Å². The molecule has 0 fully saturated rings. The fourth-order valence-corrected chi connectivity index (χ4v) is 3.18. The number of fused-ring (bicyclic) bond motifs is 1. The maximum atomic E-state index is 12.4. The Labute approximate surface area is 125 Å². The monoisotopic (exact) mass is 301 g/mol. The molecule has 0 radical (unpaired) electrons. The predicted octanol–water partition coefficient (Wildman–Crippen LogP) is 2.53. The van der Waals surface area contributed by atoms with Crippen LogP contribution in [0.15, 0.2) is 28.8 Å². The molecule has 0 spiro atoms. The first-order valence-electron chi connectivity index (χ1n) is 6.53. The second-order valence-corrected chi connectivity index (χ2v) is 5.77. The number of aryl methyl sites for hydroxylation is 1. The molecule has 0 unspecified atom stereocenters. The maximum Gasteiger partial charge on any atom is 0.271 e. The summed E-state index contributed by atoms with van der Waals surface area (Å²) in [4.78, 5) is 21.1. The first-order valence-corrected chi connectivity index (χ1v) is 7.41. The summed E-state index contributed by atoms with van der Waals surface area (Å²) in [5, 5.41) is 1.88. The summed E-state index contributed by atoms with van der Waals surface area (Å²) in [5.74, 6) is 0.818. The van der Waals surface area contributed by atoms with Crippen LogP contribution in [0.1, 0.15) is 16.8 Å². The lowest BCUT2D eigenvalue weighted by Crippen LogP contribution is -2.21. The molecule has 3 rings (SSSR count). The number of pyridine rings is 1. The Balaban J connectivity index is 2.06. The van der Waals surface area contributed by atoms with Crippen molar-refractivity contribution >= 4 is 21.6 Å². The summed E-state index contributed by atoms with van der Waals surface area (Å²) >= 11 is 1.41. The Bertz CT molecular complexity index is 867. The molecule has 3 aromatic rings. The van der Waals surface area contributed by atoms with E-state index in [0.29, 0.717) is 11.2 Å². The minimum atomic E-state index is -0.0317. The molecule has 5 nitrogen and oxygen atoms in total. The molecule has 3 heterocycles. The van der Waals surface area contributed by atoms with Gasteiger partial charge in [-0.2, -0.15) is 0 Å². The van der Waals surface area contributed by atoms with Gasteiger partial charge in [0.05, 0.1) is 31.2 Å². The van der Waals surface area contributed by atoms with E-state index in [2.05, 4.69) is 9.97 Å². The topological polar surface area (TPSA) is 57.0 Å². The lowest BCUT2D eigenvalue weighted by Gasteiger charge is -2.13. The van der Waals surface area contributed by atoms with Crippen molar-refractivity contribution in [3.63, 3.8) is 0 Å². The van der Waals surface area contributed by atoms with Crippen LogP contribution in [0, 0.1) is 13.8 Å². The number of rotatable bonds is 3. The third-order valence-corrected chi connectivity index (χ3v) is 4.40. The number of ether oxygens (including phenoxy) is 1. The van der Waals surface area contributed by atoms with E-state index in [9.17, 15) is 4.79 Å². The average molecular weight is 301 g/mol. The van der Waals surface area contributed by atoms with Gasteiger partial charge in [0, 0.05) is 17.3 Å². The average Bonchev–Trinajstić information content (AvgIpc) is 2.94. The SMILES string of the molecule is COc1c(C)cnc(Cn2cnc3ccsc3c2=O)c1C. The van der Waals surface area contributed by atoms with E-state index in [0.717, 1.165) is 28.1 Å². The van der Waals surface area contributed by atoms with Gasteiger partial charge in [0.2, 0.25) is 0 Å². The number of nitrogens with zero attached hydrogens (tertiary/aromatic N) is 3. The van der Waals surface area contributed by atoms with E-state index in [4.69, 9.17) is 4.74 Å². The van der Waals surface area contributed by atoms with Crippen LogP contribution in [0.5, 0.6) is 5.75 Å². The van der Waals surface area contributed by atoms with Crippen molar-refractivity contribution in [2.75, 3.05) is 7.11 Å².